The number of rotatable bonds is 29. The first-order chi connectivity index (χ1) is 62.4. The predicted molar refractivity (Wildman–Crippen MR) is 489 cm³/mol. The number of benzene rings is 4. The number of ether oxygens (including phenoxy) is 5. The molecule has 0 saturated carbocycles. The van der Waals surface area contributed by atoms with Crippen LogP contribution in [0.25, 0.3) is 10.9 Å². The Morgan fingerprint density at radius 1 is 0.802 bits per heavy atom. The zero-order chi connectivity index (χ0) is 95.3. The van der Waals surface area contributed by atoms with Gasteiger partial charge in [-0.2, -0.15) is 0 Å². The number of epoxide rings is 1. The van der Waals surface area contributed by atoms with E-state index in [1.807, 2.05) is 6.92 Å². The third-order valence-electron chi connectivity index (χ3n) is 23.8. The number of esters is 1. The van der Waals surface area contributed by atoms with E-state index in [0.717, 1.165) is 43.8 Å². The van der Waals surface area contributed by atoms with Gasteiger partial charge >= 0.3 is 12.1 Å². The number of amides is 13. The minimum absolute atomic E-state index is 0.0576. The number of carbonyl (C=O) groups is 14. The second-order valence-corrected chi connectivity index (χ2v) is 37.8. The molecular formula is C90H117ClN14O23S3. The number of halogens is 1. The average molecular weight is 1890 g/mol. The fraction of sp³-hybridized carbons (Fsp3) is 0.511. The average Bonchev–Trinajstić information content (AvgIpc) is 1.53. The molecular weight excluding hydrogens is 1780 g/mol. The molecule has 1 aromatic heterocycles. The van der Waals surface area contributed by atoms with E-state index in [4.69, 9.17) is 41.0 Å². The lowest BCUT2D eigenvalue weighted by Gasteiger charge is -2.42. The van der Waals surface area contributed by atoms with E-state index >= 15 is 19.2 Å². The highest BCUT2D eigenvalue weighted by Crippen LogP contribution is 2.50. The summed E-state index contributed by atoms with van der Waals surface area (Å²) >= 11 is 7.84. The van der Waals surface area contributed by atoms with Gasteiger partial charge in [0, 0.05) is 100 Å². The topological polar surface area (TPSA) is 529 Å². The minimum Gasteiger partial charge on any atom is -0.495 e. The summed E-state index contributed by atoms with van der Waals surface area (Å²) in [5.74, 6) is -12.7. The van der Waals surface area contributed by atoms with E-state index in [-0.39, 0.29) is 79.5 Å². The van der Waals surface area contributed by atoms with E-state index < -0.39 is 228 Å². The second-order valence-electron chi connectivity index (χ2n) is 33.5. The number of alkyl carbamates (subject to hydrolysis) is 1. The Balaban J connectivity index is 0.853. The van der Waals surface area contributed by atoms with Crippen molar-refractivity contribution in [2.45, 2.75) is 220 Å². The molecule has 4 aromatic carbocycles. The van der Waals surface area contributed by atoms with Crippen LogP contribution in [0.1, 0.15) is 109 Å². The number of aliphatic hydroxyl groups is 4. The van der Waals surface area contributed by atoms with Crippen molar-refractivity contribution in [1.29, 1.82) is 0 Å². The van der Waals surface area contributed by atoms with Crippen LogP contribution in [0.2, 0.25) is 5.02 Å². The van der Waals surface area contributed by atoms with E-state index in [2.05, 4.69) is 52.8 Å². The van der Waals surface area contributed by atoms with Crippen molar-refractivity contribution in [3.8, 4) is 5.75 Å². The molecule has 37 nitrogen and oxygen atoms in total. The maximum Gasteiger partial charge on any atom is 0.409 e. The molecule has 16 N–H and O–H groups in total. The van der Waals surface area contributed by atoms with E-state index in [0.29, 0.717) is 50.9 Å². The largest absolute Gasteiger partial charge is 0.495 e. The predicted octanol–water partition coefficient (Wildman–Crippen LogP) is 2.13. The van der Waals surface area contributed by atoms with Crippen molar-refractivity contribution in [3.05, 3.63) is 154 Å². The number of hydrogen-bond acceptors (Lipinski definition) is 27. The number of carbonyl (C=O) groups excluding carboxylic acids is 14. The Morgan fingerprint density at radius 3 is 2.13 bits per heavy atom. The zero-order valence-corrected chi connectivity index (χ0v) is 77.7. The highest BCUT2D eigenvalue weighted by atomic mass is 35.5. The molecule has 5 aromatic rings. The molecule has 10 rings (SSSR count). The lowest BCUT2D eigenvalue weighted by Crippen LogP contribution is -2.63. The van der Waals surface area contributed by atoms with Gasteiger partial charge in [0.25, 0.3) is 0 Å². The first-order valence-electron chi connectivity index (χ1n) is 43.1. The number of hydrogen-bond donors (Lipinski definition) is 15. The molecule has 4 bridgehead atoms. The monoisotopic (exact) mass is 1890 g/mol. The number of H-pyrrole nitrogens is 1. The summed E-state index contributed by atoms with van der Waals surface area (Å²) in [6.45, 7) is 7.67. The third-order valence-corrected chi connectivity index (χ3v) is 27.8. The number of fused-ring (bicyclic) bond motifs is 6. The third kappa shape index (κ3) is 27.1. The Labute approximate surface area is 775 Å². The number of likely N-dealkylation sites (tertiary alicyclic amines) is 1. The van der Waals surface area contributed by atoms with Gasteiger partial charge in [-0.1, -0.05) is 143 Å². The molecule has 131 heavy (non-hydrogen) atoms. The molecule has 13 amide bonds. The summed E-state index contributed by atoms with van der Waals surface area (Å²) in [7, 11) is 7.44. The number of nitrogens with zero attached hydrogens (tertiary/aromatic N) is 3. The molecule has 5 aliphatic heterocycles. The molecule has 1 unspecified atom stereocenters. The van der Waals surface area contributed by atoms with Gasteiger partial charge in [-0.15, -0.1) is 11.8 Å². The molecule has 710 valence electrons. The second kappa shape index (κ2) is 47.1. The standard InChI is InChI=1S/C90H117ClN14O23S3/c1-48-22-21-30-70(125-10)90(123)42-68(126-88(122)102-90)49(2)78-89(6,128-78)71(41-74(111)104(8)66-37-55(34-48)38-67(124-9)76(66)91)127-87(121)50(3)103(7)73(110)31-33-129-69-40-75(112)105(86(69)120)44-72(109)94-60(35-53-23-13-11-14-24-53)80(114)99-64-46-130-131-47-65(84(118)98-63(45-106)51(4)107)100-85(119)77(52(5)108)101-79(113)59(29-19-20-32-92)95-82(116)62(39-56-43-93-58-28-18-17-27-57(56)58)97-81(115)61(96-83(64)117)36-54-25-15-12-16-26-54/h11-18,21-28,30,37-38,43,49-52,59-65,68-71,77-78,93,106-108,123H,19-20,29,31-36,39-42,44-47,92H2,1-10H3,(H,94,109)(H,95,116)(H,96,117)(H,97,115)(H,98,118)(H,99,114)(H,100,119)(H,101,113)(H,102,122)/b30-21+,48-22+/t49-,50+,51-,52-,59+,60-,61+,62-,63-,64+,65+,68+,69?,70-,71+,77+,78+,89+,90+/m1/s1. The van der Waals surface area contributed by atoms with Crippen molar-refractivity contribution in [3.63, 3.8) is 0 Å². The summed E-state index contributed by atoms with van der Waals surface area (Å²) in [6, 6.07) is 13.8. The fourth-order valence-corrected chi connectivity index (χ4v) is 19.6. The van der Waals surface area contributed by atoms with Crippen molar-refractivity contribution in [2.24, 2.45) is 11.7 Å². The number of unbranched alkanes of at least 4 members (excludes halogenated alkanes) is 1. The first kappa shape index (κ1) is 102. The van der Waals surface area contributed by atoms with E-state index in [1.54, 1.807) is 135 Å². The summed E-state index contributed by atoms with van der Waals surface area (Å²) in [6.07, 6.45) is -2.51. The molecule has 0 radical (unpaired) electrons. The van der Waals surface area contributed by atoms with Gasteiger partial charge in [0.15, 0.2) is 5.72 Å². The van der Waals surface area contributed by atoms with E-state index in [9.17, 15) is 68.4 Å². The molecule has 0 aliphatic carbocycles. The SMILES string of the molecule is COc1cc2cc(c1Cl)N(C)C(=O)C[C@H](OC(=O)[C@H](C)N(C)C(=O)CCSC1CC(=O)N(CC(=O)N[C@H](Cc3ccccc3)C(=O)N[C@H]3CSSC[C@@H](C(=O)N[C@H](CO)[C@@H](C)O)NC(=O)[C@H]([C@@H](C)O)NC(=O)[C@H](CCCCN)NC(=O)[C@@H](Cc4c[nH]c5ccccc45)NC(=O)[C@H](Cc4ccccc4)NC3=O)C1=O)[C@]1(C)O[C@H]1[C@H](C)[C@@H]1C[C@@](O)(NC(=O)O1)[C@H](OC)/C=C/C=C(\C)C2. The number of aliphatic hydroxyl groups excluding tert-OH is 3. The normalized spacial score (nSPS) is 26.9. The number of thioether (sulfide) groups is 1. The maximum atomic E-state index is 15.4. The number of nitrogens with two attached hydrogens (primary N) is 1. The zero-order valence-electron chi connectivity index (χ0n) is 74.5. The quantitative estimate of drug-likeness (QED) is 0.0107. The Morgan fingerprint density at radius 2 is 1.46 bits per heavy atom. The van der Waals surface area contributed by atoms with Crippen molar-refractivity contribution in [2.75, 3.05) is 70.2 Å². The van der Waals surface area contributed by atoms with Crippen molar-refractivity contribution < 1.29 is 111 Å². The number of nitrogens with one attached hydrogen (secondary N) is 10. The van der Waals surface area contributed by atoms with Gasteiger partial charge in [0.1, 0.15) is 89.6 Å². The molecule has 5 aliphatic rings. The van der Waals surface area contributed by atoms with Gasteiger partial charge in [0.2, 0.25) is 70.9 Å². The van der Waals surface area contributed by atoms with Crippen LogP contribution in [0.3, 0.4) is 0 Å². The highest BCUT2D eigenvalue weighted by Gasteiger charge is 2.65. The van der Waals surface area contributed by atoms with Crippen LogP contribution in [-0.2, 0) is 107 Å². The van der Waals surface area contributed by atoms with Crippen LogP contribution in [0, 0.1) is 5.92 Å². The number of imide groups is 1. The number of aromatic nitrogens is 1. The molecule has 0 spiro atoms. The lowest BCUT2D eigenvalue weighted by molar-refractivity contribution is -0.162. The summed E-state index contributed by atoms with van der Waals surface area (Å²) in [5.41, 5.74) is 6.56. The Bertz CT molecular complexity index is 5020. The Kier molecular flexibility index (Phi) is 36.8. The van der Waals surface area contributed by atoms with Gasteiger partial charge in [0.05, 0.1) is 55.4 Å². The molecule has 6 heterocycles. The fourth-order valence-electron chi connectivity index (χ4n) is 15.8. The number of anilines is 1. The number of methoxy groups -OCH3 is 2. The smallest absolute Gasteiger partial charge is 0.409 e. The van der Waals surface area contributed by atoms with Crippen LogP contribution >= 0.6 is 45.0 Å². The van der Waals surface area contributed by atoms with Crippen molar-refractivity contribution in [1.82, 2.24) is 62.6 Å². The van der Waals surface area contributed by atoms with Crippen LogP contribution in [0.15, 0.2) is 127 Å². The summed E-state index contributed by atoms with van der Waals surface area (Å²) in [4.78, 5) is 210. The van der Waals surface area contributed by atoms with Gasteiger partial charge in [-0.3, -0.25) is 67.8 Å². The first-order valence-corrected chi connectivity index (χ1v) is 47.1. The van der Waals surface area contributed by atoms with Crippen molar-refractivity contribution >= 4 is 144 Å². The number of likely N-dealkylation sites (N-methyl/N-ethyl adjacent to an activating group) is 1. The molecule has 19 atom stereocenters. The summed E-state index contributed by atoms with van der Waals surface area (Å²) < 4.78 is 29.7. The van der Waals surface area contributed by atoms with Crippen LogP contribution in [0.4, 0.5) is 10.5 Å². The van der Waals surface area contributed by atoms with Crippen LogP contribution in [0.5, 0.6) is 5.75 Å². The summed E-state index contributed by atoms with van der Waals surface area (Å²) in [5, 5.41) is 67.3. The molecule has 41 heteroatoms. The molecule has 4 fully saturated rings. The van der Waals surface area contributed by atoms with Gasteiger partial charge in [-0.25, -0.2) is 9.59 Å². The van der Waals surface area contributed by atoms with Crippen LogP contribution < -0.4 is 63.2 Å². The highest BCUT2D eigenvalue weighted by molar-refractivity contribution is 8.76. The molecule has 4 saturated heterocycles. The van der Waals surface area contributed by atoms with E-state index in [1.165, 1.54) is 54.0 Å². The number of allylic oxidation sites excluding steroid dienone is 3. The number of para-hydroxylation sites is 1. The van der Waals surface area contributed by atoms with Crippen LogP contribution in [-0.4, -0.2) is 291 Å². The lowest BCUT2D eigenvalue weighted by atomic mass is 9.83. The van der Waals surface area contributed by atoms with Gasteiger partial charge < -0.3 is 107 Å². The Hall–Kier alpha value is -10.7. The minimum atomic E-state index is -1.97. The number of aromatic amines is 1. The van der Waals surface area contributed by atoms with Gasteiger partial charge in [-0.05, 0) is 107 Å². The maximum absolute atomic E-state index is 15.4.